The summed E-state index contributed by atoms with van der Waals surface area (Å²) >= 11 is 0.300. The number of hydrogen-bond acceptors (Lipinski definition) is 7. The summed E-state index contributed by atoms with van der Waals surface area (Å²) in [6.07, 6.45) is 0. The van der Waals surface area contributed by atoms with E-state index in [4.69, 9.17) is 28.8 Å². The number of rotatable bonds is 0. The van der Waals surface area contributed by atoms with E-state index in [1.165, 1.54) is 0 Å². The van der Waals surface area contributed by atoms with Gasteiger partial charge in [0.2, 0.25) is 0 Å². The zero-order valence-corrected chi connectivity index (χ0v) is 11.5. The standard InChI is InChI=1S/2CHF3O3S.O.Zr/c2*2-1(3,4)8(5,6)7;;/h2*(H,5,6,7);;/q;;;+2/p-2. The summed E-state index contributed by atoms with van der Waals surface area (Å²) in [4.78, 5) is 0. The molecule has 0 aromatic heterocycles. The van der Waals surface area contributed by atoms with Crippen molar-refractivity contribution in [1.29, 1.82) is 0 Å². The molecule has 0 heterocycles. The topological polar surface area (TPSA) is 131 Å². The summed E-state index contributed by atoms with van der Waals surface area (Å²) in [5.74, 6) is 0. The number of alkyl halides is 6. The second-order valence-electron chi connectivity index (χ2n) is 1.80. The zero-order valence-electron chi connectivity index (χ0n) is 7.44. The molecule has 0 aliphatic carbocycles. The molecule has 0 saturated carbocycles. The monoisotopic (exact) mass is 404 g/mol. The van der Waals surface area contributed by atoms with Crippen LogP contribution in [-0.2, 0) is 47.8 Å². The molecule has 0 fully saturated rings. The van der Waals surface area contributed by atoms with Crippen molar-refractivity contribution in [3.63, 3.8) is 0 Å². The molecule has 0 unspecified atom stereocenters. The zero-order chi connectivity index (χ0) is 16.0. The van der Waals surface area contributed by atoms with Crippen molar-refractivity contribution in [2.45, 2.75) is 11.0 Å². The average Bonchev–Trinajstić information content (AvgIpc) is 2.01. The van der Waals surface area contributed by atoms with Crippen LogP contribution in [-0.4, -0.2) is 37.0 Å². The van der Waals surface area contributed by atoms with Gasteiger partial charge >= 0.3 is 38.6 Å². The normalized spacial score (nSPS) is 12.8. The first-order valence-corrected chi connectivity index (χ1v) is 6.57. The van der Waals surface area contributed by atoms with Crippen LogP contribution in [0.1, 0.15) is 0 Å². The van der Waals surface area contributed by atoms with E-state index in [0.717, 1.165) is 0 Å². The number of halogens is 6. The third-order valence-electron chi connectivity index (χ3n) is 0.567. The van der Waals surface area contributed by atoms with E-state index < -0.39 is 31.3 Å². The van der Waals surface area contributed by atoms with Gasteiger partial charge in [-0.3, -0.25) is 0 Å². The van der Waals surface area contributed by atoms with Crippen molar-refractivity contribution in [1.82, 2.24) is 0 Å². The van der Waals surface area contributed by atoms with Gasteiger partial charge in [-0.15, -0.1) is 0 Å². The third-order valence-corrected chi connectivity index (χ3v) is 1.70. The molecule has 0 N–H and O–H groups in total. The maximum absolute atomic E-state index is 10.7. The van der Waals surface area contributed by atoms with Crippen LogP contribution in [0.15, 0.2) is 0 Å². The van der Waals surface area contributed by atoms with Crippen LogP contribution in [0.4, 0.5) is 26.3 Å². The molecule has 0 amide bonds. The van der Waals surface area contributed by atoms with E-state index in [2.05, 4.69) is 0 Å². The van der Waals surface area contributed by atoms with Crippen molar-refractivity contribution in [3.8, 4) is 0 Å². The van der Waals surface area contributed by atoms with Crippen molar-refractivity contribution in [2.24, 2.45) is 0 Å². The Bertz CT molecular complexity index is 390. The molecule has 0 radical (unpaired) electrons. The van der Waals surface area contributed by atoms with Gasteiger partial charge in [-0.1, -0.05) is 0 Å². The summed E-state index contributed by atoms with van der Waals surface area (Å²) in [5, 5.41) is 0. The molecular formula is C2F6O7S2Zr. The first-order chi connectivity index (χ1) is 7.50. The van der Waals surface area contributed by atoms with Crippen LogP contribution in [0.2, 0.25) is 0 Å². The Morgan fingerprint density at radius 3 is 0.722 bits per heavy atom. The van der Waals surface area contributed by atoms with Gasteiger partial charge in [0.05, 0.1) is 0 Å². The summed E-state index contributed by atoms with van der Waals surface area (Å²) in [7, 11) is -12.2. The maximum atomic E-state index is 10.7. The van der Waals surface area contributed by atoms with Gasteiger partial charge in [-0.05, 0) is 0 Å². The summed E-state index contributed by atoms with van der Waals surface area (Å²) in [6.45, 7) is 0. The van der Waals surface area contributed by atoms with Crippen LogP contribution in [0.25, 0.3) is 0 Å². The summed E-state index contributed by atoms with van der Waals surface area (Å²) in [5.41, 5.74) is -11.3. The van der Waals surface area contributed by atoms with Crippen molar-refractivity contribution in [2.75, 3.05) is 0 Å². The van der Waals surface area contributed by atoms with E-state index in [1.54, 1.807) is 0 Å². The molecule has 0 aliphatic heterocycles. The molecule has 0 atom stereocenters. The fourth-order valence-electron chi connectivity index (χ4n) is 0. The molecular weight excluding hydrogens is 405 g/mol. The molecule has 16 heteroatoms. The van der Waals surface area contributed by atoms with Crippen molar-refractivity contribution < 1.29 is 79.8 Å². The molecule has 0 rings (SSSR count). The molecule has 0 aliphatic rings. The second kappa shape index (κ2) is 7.62. The average molecular weight is 405 g/mol. The van der Waals surface area contributed by atoms with Gasteiger partial charge in [-0.25, -0.2) is 16.8 Å². The van der Waals surface area contributed by atoms with Crippen LogP contribution in [0, 0.1) is 0 Å². The SMILES string of the molecule is O=S(=O)([O-])C(F)(F)F.O=S(=O)([O-])C(F)(F)F.[O]=[Zr+2]. The predicted octanol–water partition coefficient (Wildman–Crippen LogP) is -0.0185. The molecule has 0 aromatic rings. The molecule has 18 heavy (non-hydrogen) atoms. The Balaban J connectivity index is -0.000000219. The van der Waals surface area contributed by atoms with Crippen LogP contribution < -0.4 is 0 Å². The van der Waals surface area contributed by atoms with E-state index >= 15 is 0 Å². The third kappa shape index (κ3) is 11.2. The summed E-state index contributed by atoms with van der Waals surface area (Å²) < 4.78 is 126. The van der Waals surface area contributed by atoms with Gasteiger partial charge in [0.1, 0.15) is 0 Å². The minimum atomic E-state index is -6.09. The molecule has 0 aromatic carbocycles. The second-order valence-corrected chi connectivity index (χ2v) is 4.54. The first kappa shape index (κ1) is 23.2. The van der Waals surface area contributed by atoms with Gasteiger partial charge in [0, 0.05) is 0 Å². The van der Waals surface area contributed by atoms with Gasteiger partial charge in [-0.2, -0.15) is 26.3 Å². The Hall–Kier alpha value is 0.0831. The molecule has 0 bridgehead atoms. The first-order valence-electron chi connectivity index (χ1n) is 2.75. The fourth-order valence-corrected chi connectivity index (χ4v) is 0. The number of hydrogen-bond donors (Lipinski definition) is 0. The quantitative estimate of drug-likeness (QED) is 0.314. The Kier molecular flexibility index (Phi) is 9.82. The van der Waals surface area contributed by atoms with Crippen LogP contribution in [0.5, 0.6) is 0 Å². The Morgan fingerprint density at radius 1 is 0.667 bits per heavy atom. The van der Waals surface area contributed by atoms with Gasteiger partial charge in [0.15, 0.2) is 20.2 Å². The minimum absolute atomic E-state index is 0.300. The van der Waals surface area contributed by atoms with Crippen molar-refractivity contribution in [3.05, 3.63) is 0 Å². The molecule has 108 valence electrons. The van der Waals surface area contributed by atoms with Gasteiger partial charge < -0.3 is 9.11 Å². The summed E-state index contributed by atoms with van der Waals surface area (Å²) in [6, 6.07) is 0. The van der Waals surface area contributed by atoms with Crippen molar-refractivity contribution >= 4 is 20.2 Å². The van der Waals surface area contributed by atoms with Crippen LogP contribution in [0.3, 0.4) is 0 Å². The van der Waals surface area contributed by atoms with Gasteiger partial charge in [0.25, 0.3) is 0 Å². The molecule has 7 nitrogen and oxygen atoms in total. The van der Waals surface area contributed by atoms with Crippen LogP contribution >= 0.6 is 0 Å². The predicted molar refractivity (Wildman–Crippen MR) is 32.2 cm³/mol. The fraction of sp³-hybridized carbons (Fsp3) is 1.00. The molecule has 0 spiro atoms. The molecule has 0 saturated heterocycles. The van der Waals surface area contributed by atoms with E-state index in [1.807, 2.05) is 0 Å². The Morgan fingerprint density at radius 2 is 0.722 bits per heavy atom. The van der Waals surface area contributed by atoms with E-state index in [0.29, 0.717) is 24.7 Å². The Labute approximate surface area is 111 Å². The van der Waals surface area contributed by atoms with E-state index in [9.17, 15) is 26.3 Å². The van der Waals surface area contributed by atoms with E-state index in [-0.39, 0.29) is 0 Å².